The number of ether oxygens (including phenoxy) is 1. The molecule has 0 aliphatic heterocycles. The van der Waals surface area contributed by atoms with Crippen LogP contribution < -0.4 is 0 Å². The predicted octanol–water partition coefficient (Wildman–Crippen LogP) is 4.91. The molecule has 0 aliphatic carbocycles. The second kappa shape index (κ2) is 8.41. The van der Waals surface area contributed by atoms with E-state index < -0.39 is 5.97 Å². The summed E-state index contributed by atoms with van der Waals surface area (Å²) >= 11 is 0. The molecule has 0 unspecified atom stereocenters. The molecule has 30 heavy (non-hydrogen) atoms. The monoisotopic (exact) mass is 397 g/mol. The van der Waals surface area contributed by atoms with Gasteiger partial charge in [0, 0.05) is 11.8 Å². The molecule has 6 heteroatoms. The molecular formula is C24H16FN3O2. The van der Waals surface area contributed by atoms with Gasteiger partial charge in [0.05, 0.1) is 17.3 Å². The summed E-state index contributed by atoms with van der Waals surface area (Å²) in [6, 6.07) is 24.0. The SMILES string of the molecule is N#Cc1ccc(COC(=O)c2cn(-c3ccccc3)nc2-c2ccc(F)cc2)cc1. The van der Waals surface area contributed by atoms with Gasteiger partial charge in [-0.2, -0.15) is 10.4 Å². The van der Waals surface area contributed by atoms with Gasteiger partial charge in [0.1, 0.15) is 23.7 Å². The number of nitriles is 1. The molecule has 0 bridgehead atoms. The van der Waals surface area contributed by atoms with E-state index in [4.69, 9.17) is 10.00 Å². The fourth-order valence-corrected chi connectivity index (χ4v) is 2.96. The smallest absolute Gasteiger partial charge is 0.342 e. The van der Waals surface area contributed by atoms with Crippen molar-refractivity contribution < 1.29 is 13.9 Å². The molecule has 0 saturated heterocycles. The maximum absolute atomic E-state index is 13.4. The molecule has 4 rings (SSSR count). The molecule has 4 aromatic rings. The Labute approximate surface area is 172 Å². The number of para-hydroxylation sites is 1. The van der Waals surface area contributed by atoms with Gasteiger partial charge in [0.2, 0.25) is 0 Å². The van der Waals surface area contributed by atoms with Crippen LogP contribution >= 0.6 is 0 Å². The fourth-order valence-electron chi connectivity index (χ4n) is 2.96. The van der Waals surface area contributed by atoms with Crippen molar-refractivity contribution in [1.82, 2.24) is 9.78 Å². The van der Waals surface area contributed by atoms with Crippen LogP contribution in [0.2, 0.25) is 0 Å². The van der Waals surface area contributed by atoms with E-state index in [0.717, 1.165) is 11.3 Å². The van der Waals surface area contributed by atoms with Gasteiger partial charge in [0.25, 0.3) is 0 Å². The molecule has 0 saturated carbocycles. The van der Waals surface area contributed by atoms with Gasteiger partial charge < -0.3 is 4.74 Å². The van der Waals surface area contributed by atoms with E-state index in [0.29, 0.717) is 16.8 Å². The number of aromatic nitrogens is 2. The lowest BCUT2D eigenvalue weighted by atomic mass is 10.1. The number of nitrogens with zero attached hydrogens (tertiary/aromatic N) is 3. The van der Waals surface area contributed by atoms with Crippen molar-refractivity contribution in [3.63, 3.8) is 0 Å². The van der Waals surface area contributed by atoms with Crippen LogP contribution in [0.3, 0.4) is 0 Å². The van der Waals surface area contributed by atoms with Crippen molar-refractivity contribution in [2.45, 2.75) is 6.61 Å². The number of hydrogen-bond acceptors (Lipinski definition) is 4. The first-order valence-corrected chi connectivity index (χ1v) is 9.21. The van der Waals surface area contributed by atoms with E-state index in [1.54, 1.807) is 47.3 Å². The molecule has 0 amide bonds. The molecule has 1 heterocycles. The minimum atomic E-state index is -0.541. The van der Waals surface area contributed by atoms with Crippen LogP contribution in [0.1, 0.15) is 21.5 Å². The van der Waals surface area contributed by atoms with Crippen LogP contribution in [0.15, 0.2) is 85.1 Å². The summed E-state index contributed by atoms with van der Waals surface area (Å²) in [6.45, 7) is 0.0594. The first-order chi connectivity index (χ1) is 14.6. The minimum absolute atomic E-state index is 0.0594. The number of carbonyl (C=O) groups excluding carboxylic acids is 1. The number of rotatable bonds is 5. The van der Waals surface area contributed by atoms with Gasteiger partial charge >= 0.3 is 5.97 Å². The molecule has 3 aromatic carbocycles. The topological polar surface area (TPSA) is 67.9 Å². The van der Waals surface area contributed by atoms with Crippen LogP contribution in [-0.2, 0) is 11.3 Å². The normalized spacial score (nSPS) is 10.4. The Kier molecular flexibility index (Phi) is 5.35. The summed E-state index contributed by atoms with van der Waals surface area (Å²) in [5.74, 6) is -0.910. The Morgan fingerprint density at radius 3 is 2.37 bits per heavy atom. The number of hydrogen-bond donors (Lipinski definition) is 0. The van der Waals surface area contributed by atoms with Gasteiger partial charge in [-0.3, -0.25) is 0 Å². The highest BCUT2D eigenvalue weighted by Gasteiger charge is 2.20. The fraction of sp³-hybridized carbons (Fsp3) is 0.0417. The van der Waals surface area contributed by atoms with Crippen molar-refractivity contribution >= 4 is 5.97 Å². The van der Waals surface area contributed by atoms with E-state index in [-0.39, 0.29) is 18.0 Å². The second-order valence-electron chi connectivity index (χ2n) is 6.56. The number of halogens is 1. The lowest BCUT2D eigenvalue weighted by Gasteiger charge is -2.05. The first kappa shape index (κ1) is 19.1. The van der Waals surface area contributed by atoms with Gasteiger partial charge in [0.15, 0.2) is 0 Å². The maximum atomic E-state index is 13.4. The van der Waals surface area contributed by atoms with E-state index in [1.165, 1.54) is 12.1 Å². The van der Waals surface area contributed by atoms with E-state index in [9.17, 15) is 9.18 Å². The van der Waals surface area contributed by atoms with Crippen molar-refractivity contribution in [2.24, 2.45) is 0 Å². The van der Waals surface area contributed by atoms with E-state index in [2.05, 4.69) is 5.10 Å². The Balaban J connectivity index is 1.64. The maximum Gasteiger partial charge on any atom is 0.342 e. The van der Waals surface area contributed by atoms with Crippen LogP contribution in [0.4, 0.5) is 4.39 Å². The first-order valence-electron chi connectivity index (χ1n) is 9.21. The van der Waals surface area contributed by atoms with E-state index in [1.807, 2.05) is 36.4 Å². The Morgan fingerprint density at radius 1 is 1.00 bits per heavy atom. The van der Waals surface area contributed by atoms with Crippen LogP contribution in [0.25, 0.3) is 16.9 Å². The molecule has 1 aromatic heterocycles. The average Bonchev–Trinajstić information content (AvgIpc) is 3.24. The van der Waals surface area contributed by atoms with Crippen molar-refractivity contribution in [1.29, 1.82) is 5.26 Å². The third-order valence-electron chi connectivity index (χ3n) is 4.53. The highest BCUT2D eigenvalue weighted by atomic mass is 19.1. The number of benzene rings is 3. The van der Waals surface area contributed by atoms with Crippen LogP contribution in [0.5, 0.6) is 0 Å². The lowest BCUT2D eigenvalue weighted by Crippen LogP contribution is -2.06. The standard InChI is InChI=1S/C24H16FN3O2/c25-20-12-10-19(11-13-20)23-22(15-28(27-23)21-4-2-1-3-5-21)24(29)30-16-18-8-6-17(14-26)7-9-18/h1-13,15H,16H2. The molecule has 0 N–H and O–H groups in total. The molecule has 146 valence electrons. The summed E-state index contributed by atoms with van der Waals surface area (Å²) in [6.07, 6.45) is 1.61. The summed E-state index contributed by atoms with van der Waals surface area (Å²) in [4.78, 5) is 12.8. The van der Waals surface area contributed by atoms with Gasteiger partial charge in [-0.05, 0) is 54.1 Å². The lowest BCUT2D eigenvalue weighted by molar-refractivity contribution is 0.0473. The van der Waals surface area contributed by atoms with Crippen molar-refractivity contribution in [3.8, 4) is 23.0 Å². The molecule has 0 atom stereocenters. The summed E-state index contributed by atoms with van der Waals surface area (Å²) in [5, 5.41) is 13.4. The molecular weight excluding hydrogens is 381 g/mol. The summed E-state index contributed by atoms with van der Waals surface area (Å²) in [7, 11) is 0. The zero-order valence-corrected chi connectivity index (χ0v) is 15.8. The quantitative estimate of drug-likeness (QED) is 0.449. The largest absolute Gasteiger partial charge is 0.457 e. The van der Waals surface area contributed by atoms with Crippen molar-refractivity contribution in [2.75, 3.05) is 0 Å². The van der Waals surface area contributed by atoms with Crippen LogP contribution in [-0.4, -0.2) is 15.7 Å². The third-order valence-corrected chi connectivity index (χ3v) is 4.53. The zero-order valence-electron chi connectivity index (χ0n) is 15.8. The van der Waals surface area contributed by atoms with Crippen molar-refractivity contribution in [3.05, 3.63) is 108 Å². The molecule has 0 fully saturated rings. The summed E-state index contributed by atoms with van der Waals surface area (Å²) in [5.41, 5.74) is 3.38. The summed E-state index contributed by atoms with van der Waals surface area (Å²) < 4.78 is 20.4. The molecule has 5 nitrogen and oxygen atoms in total. The highest BCUT2D eigenvalue weighted by molar-refractivity contribution is 5.96. The minimum Gasteiger partial charge on any atom is -0.457 e. The van der Waals surface area contributed by atoms with E-state index >= 15 is 0 Å². The highest BCUT2D eigenvalue weighted by Crippen LogP contribution is 2.25. The van der Waals surface area contributed by atoms with Gasteiger partial charge in [-0.15, -0.1) is 0 Å². The van der Waals surface area contributed by atoms with Crippen LogP contribution in [0, 0.1) is 17.1 Å². The molecule has 0 radical (unpaired) electrons. The Bertz CT molecular complexity index is 1210. The average molecular weight is 397 g/mol. The molecule has 0 spiro atoms. The molecule has 0 aliphatic rings. The number of carbonyl (C=O) groups is 1. The zero-order chi connectivity index (χ0) is 20.9. The third kappa shape index (κ3) is 4.10. The van der Waals surface area contributed by atoms with Gasteiger partial charge in [-0.1, -0.05) is 30.3 Å². The predicted molar refractivity (Wildman–Crippen MR) is 109 cm³/mol. The Morgan fingerprint density at radius 2 is 1.70 bits per heavy atom. The number of esters is 1. The Hall–Kier alpha value is -4.24. The van der Waals surface area contributed by atoms with Gasteiger partial charge in [-0.25, -0.2) is 13.9 Å². The second-order valence-corrected chi connectivity index (χ2v) is 6.56.